The number of nitriles is 1. The van der Waals surface area contributed by atoms with Crippen LogP contribution in [0, 0.1) is 11.3 Å². The third-order valence-electron chi connectivity index (χ3n) is 6.08. The summed E-state index contributed by atoms with van der Waals surface area (Å²) < 4.78 is 5.32. The molecule has 1 saturated heterocycles. The lowest BCUT2D eigenvalue weighted by molar-refractivity contribution is -0.117. The average molecular weight is 567 g/mol. The molecule has 1 fully saturated rings. The van der Waals surface area contributed by atoms with Crippen molar-refractivity contribution in [3.63, 3.8) is 0 Å². The normalized spacial score (nSPS) is 16.4. The first-order valence-corrected chi connectivity index (χ1v) is 13.5. The number of halogens is 2. The number of nitrogens with one attached hydrogen (secondary N) is 1. The second kappa shape index (κ2) is 12.0. The molecule has 1 unspecified atom stereocenters. The summed E-state index contributed by atoms with van der Waals surface area (Å²) in [6.07, 6.45) is 0.345. The van der Waals surface area contributed by atoms with Crippen molar-refractivity contribution in [2.45, 2.75) is 31.4 Å². The molecule has 6 nitrogen and oxygen atoms in total. The van der Waals surface area contributed by atoms with Crippen LogP contribution in [0.5, 0.6) is 5.75 Å². The highest BCUT2D eigenvalue weighted by Gasteiger charge is 2.41. The second-order valence-electron chi connectivity index (χ2n) is 8.93. The molecule has 0 bridgehead atoms. The quantitative estimate of drug-likeness (QED) is 0.242. The van der Waals surface area contributed by atoms with E-state index in [1.54, 1.807) is 36.4 Å². The minimum Gasteiger partial charge on any atom is -0.495 e. The van der Waals surface area contributed by atoms with Gasteiger partial charge in [0.25, 0.3) is 5.91 Å². The number of amides is 2. The van der Waals surface area contributed by atoms with Crippen LogP contribution in [0.2, 0.25) is 10.0 Å². The topological polar surface area (TPSA) is 82.4 Å². The van der Waals surface area contributed by atoms with Crippen molar-refractivity contribution >= 4 is 58.2 Å². The van der Waals surface area contributed by atoms with Crippen molar-refractivity contribution in [2.24, 2.45) is 0 Å². The van der Waals surface area contributed by atoms with Crippen molar-refractivity contribution in [1.82, 2.24) is 0 Å². The molecule has 0 aromatic heterocycles. The minimum absolute atomic E-state index is 0.168. The van der Waals surface area contributed by atoms with Gasteiger partial charge in [-0.2, -0.15) is 5.26 Å². The third-order valence-corrected chi connectivity index (χ3v) is 8.09. The van der Waals surface area contributed by atoms with Gasteiger partial charge in [-0.25, -0.2) is 0 Å². The maximum Gasteiger partial charge on any atom is 0.269 e. The zero-order valence-corrected chi connectivity index (χ0v) is 23.3. The predicted molar refractivity (Wildman–Crippen MR) is 154 cm³/mol. The number of ether oxygens (including phenoxy) is 1. The van der Waals surface area contributed by atoms with Gasteiger partial charge in [0.05, 0.1) is 28.1 Å². The molecule has 0 saturated carbocycles. The SMILES string of the molecule is COc1ccccc1NC(=O)/C(C#N)=C1\SC(Cc2ccc(Cl)c(Cl)c2)C(=O)N1c1ccc(C(C)C)cc1. The number of thioether (sulfide) groups is 1. The molecule has 4 rings (SSSR count). The first-order valence-electron chi connectivity index (χ1n) is 11.9. The number of hydrogen-bond acceptors (Lipinski definition) is 5. The number of anilines is 2. The molecule has 1 aliphatic rings. The standard InChI is InChI=1S/C29H25Cl2N3O3S/c1-17(2)19-9-11-20(12-10-19)34-28(36)26(15-18-8-13-22(30)23(31)14-18)38-29(34)21(16-32)27(35)33-24-6-4-5-7-25(24)37-3/h4-14,17,26H,15H2,1-3H3,(H,33,35)/b29-21-. The molecule has 2 amide bonds. The van der Waals surface area contributed by atoms with Crippen molar-refractivity contribution in [2.75, 3.05) is 17.3 Å². The molecular weight excluding hydrogens is 541 g/mol. The van der Waals surface area contributed by atoms with Gasteiger partial charge in [-0.15, -0.1) is 0 Å². The molecule has 0 spiro atoms. The van der Waals surface area contributed by atoms with E-state index in [1.807, 2.05) is 36.4 Å². The van der Waals surface area contributed by atoms with E-state index in [-0.39, 0.29) is 16.5 Å². The Morgan fingerprint density at radius 2 is 1.82 bits per heavy atom. The predicted octanol–water partition coefficient (Wildman–Crippen LogP) is 7.19. The summed E-state index contributed by atoms with van der Waals surface area (Å²) in [5, 5.41) is 13.4. The molecule has 1 heterocycles. The monoisotopic (exact) mass is 565 g/mol. The van der Waals surface area contributed by atoms with Crippen LogP contribution >= 0.6 is 35.0 Å². The molecule has 1 atom stereocenters. The fraction of sp³-hybridized carbons (Fsp3) is 0.207. The Balaban J connectivity index is 1.74. The number of rotatable bonds is 7. The summed E-state index contributed by atoms with van der Waals surface area (Å²) in [5.74, 6) is -0.0965. The maximum absolute atomic E-state index is 13.7. The minimum atomic E-state index is -0.633. The van der Waals surface area contributed by atoms with Gasteiger partial charge < -0.3 is 10.1 Å². The van der Waals surface area contributed by atoms with E-state index in [1.165, 1.54) is 23.8 Å². The van der Waals surface area contributed by atoms with Crippen molar-refractivity contribution in [1.29, 1.82) is 5.26 Å². The molecule has 0 radical (unpaired) electrons. The van der Waals surface area contributed by atoms with Gasteiger partial charge in [0, 0.05) is 5.69 Å². The molecule has 9 heteroatoms. The molecular formula is C29H25Cl2N3O3S. The van der Waals surface area contributed by atoms with Crippen LogP contribution in [-0.2, 0) is 16.0 Å². The number of hydrogen-bond donors (Lipinski definition) is 1. The Labute approximate surface area is 236 Å². The molecule has 3 aromatic carbocycles. The van der Waals surface area contributed by atoms with Crippen LogP contribution in [0.25, 0.3) is 0 Å². The van der Waals surface area contributed by atoms with Gasteiger partial charge in [0.2, 0.25) is 5.91 Å². The smallest absolute Gasteiger partial charge is 0.269 e. The van der Waals surface area contributed by atoms with Crippen LogP contribution in [0.4, 0.5) is 11.4 Å². The Morgan fingerprint density at radius 3 is 2.45 bits per heavy atom. The number of carbonyl (C=O) groups excluding carboxylic acids is 2. The lowest BCUT2D eigenvalue weighted by Gasteiger charge is -2.20. The Hall–Kier alpha value is -3.44. The van der Waals surface area contributed by atoms with E-state index in [2.05, 4.69) is 19.2 Å². The fourth-order valence-electron chi connectivity index (χ4n) is 4.04. The molecule has 1 N–H and O–H groups in total. The second-order valence-corrected chi connectivity index (χ2v) is 10.9. The summed E-state index contributed by atoms with van der Waals surface area (Å²) in [7, 11) is 1.50. The van der Waals surface area contributed by atoms with Crippen molar-refractivity contribution in [3.8, 4) is 11.8 Å². The van der Waals surface area contributed by atoms with Crippen LogP contribution in [0.1, 0.15) is 30.9 Å². The lowest BCUT2D eigenvalue weighted by Crippen LogP contribution is -2.31. The van der Waals surface area contributed by atoms with Gasteiger partial charge in [0.15, 0.2) is 0 Å². The van der Waals surface area contributed by atoms with E-state index in [9.17, 15) is 14.9 Å². The number of para-hydroxylation sites is 2. The van der Waals surface area contributed by atoms with Gasteiger partial charge in [-0.05, 0) is 59.9 Å². The first kappa shape index (κ1) is 27.6. The van der Waals surface area contributed by atoms with Crippen LogP contribution in [-0.4, -0.2) is 24.2 Å². The molecule has 0 aliphatic carbocycles. The van der Waals surface area contributed by atoms with E-state index >= 15 is 0 Å². The zero-order chi connectivity index (χ0) is 27.4. The number of carbonyl (C=O) groups is 2. The lowest BCUT2D eigenvalue weighted by atomic mass is 10.0. The van der Waals surface area contributed by atoms with Gasteiger partial charge in [0.1, 0.15) is 22.4 Å². The van der Waals surface area contributed by atoms with Gasteiger partial charge >= 0.3 is 0 Å². The van der Waals surface area contributed by atoms with E-state index in [0.29, 0.717) is 39.5 Å². The maximum atomic E-state index is 13.7. The fourth-order valence-corrected chi connectivity index (χ4v) is 5.67. The highest BCUT2D eigenvalue weighted by atomic mass is 35.5. The molecule has 1 aliphatic heterocycles. The van der Waals surface area contributed by atoms with Crippen molar-refractivity contribution < 1.29 is 14.3 Å². The van der Waals surface area contributed by atoms with Crippen LogP contribution in [0.3, 0.4) is 0 Å². The van der Waals surface area contributed by atoms with E-state index in [4.69, 9.17) is 27.9 Å². The summed E-state index contributed by atoms with van der Waals surface area (Å²) in [6.45, 7) is 4.17. The average Bonchev–Trinajstić information content (AvgIpc) is 3.22. The van der Waals surface area contributed by atoms with Crippen LogP contribution < -0.4 is 15.0 Å². The van der Waals surface area contributed by atoms with E-state index < -0.39 is 11.2 Å². The third kappa shape index (κ3) is 5.83. The van der Waals surface area contributed by atoms with Crippen molar-refractivity contribution in [3.05, 3.63) is 98.5 Å². The van der Waals surface area contributed by atoms with Gasteiger partial charge in [-0.3, -0.25) is 14.5 Å². The number of benzene rings is 3. The highest BCUT2D eigenvalue weighted by Crippen LogP contribution is 2.42. The van der Waals surface area contributed by atoms with Crippen LogP contribution in [0.15, 0.2) is 77.3 Å². The largest absolute Gasteiger partial charge is 0.495 e. The molecule has 38 heavy (non-hydrogen) atoms. The molecule has 194 valence electrons. The summed E-state index contributed by atoms with van der Waals surface area (Å²) in [4.78, 5) is 28.5. The Morgan fingerprint density at radius 1 is 1.11 bits per heavy atom. The summed E-state index contributed by atoms with van der Waals surface area (Å²) in [5.41, 5.74) is 2.76. The van der Waals surface area contributed by atoms with E-state index in [0.717, 1.165) is 11.1 Å². The molecule has 3 aromatic rings. The summed E-state index contributed by atoms with van der Waals surface area (Å²) in [6, 6.07) is 21.7. The first-order chi connectivity index (χ1) is 18.2. The number of methoxy groups -OCH3 is 1. The summed E-state index contributed by atoms with van der Waals surface area (Å²) >= 11 is 13.4. The zero-order valence-electron chi connectivity index (χ0n) is 21.0. The number of nitrogens with zero attached hydrogens (tertiary/aromatic N) is 2. The highest BCUT2D eigenvalue weighted by molar-refractivity contribution is 8.05. The van der Waals surface area contributed by atoms with Gasteiger partial charge in [-0.1, -0.05) is 79.1 Å². The Kier molecular flexibility index (Phi) is 8.68. The Bertz CT molecular complexity index is 1450.